The van der Waals surface area contributed by atoms with Gasteiger partial charge in [-0.15, -0.1) is 0 Å². The van der Waals surface area contributed by atoms with Crippen molar-refractivity contribution in [2.24, 2.45) is 0 Å². The maximum atomic E-state index is 12.0. The van der Waals surface area contributed by atoms with Crippen LogP contribution in [0.15, 0.2) is 12.3 Å². The Morgan fingerprint density at radius 1 is 1.55 bits per heavy atom. The predicted molar refractivity (Wildman–Crippen MR) is 29.7 cm³/mol. The molecule has 0 saturated carbocycles. The number of ketones is 1. The maximum Gasteiger partial charge on any atom is 0.435 e. The summed E-state index contributed by atoms with van der Waals surface area (Å²) in [6.07, 6.45) is -3.11. The Labute approximate surface area is 60.6 Å². The Morgan fingerprint density at radius 3 is 2.27 bits per heavy atom. The van der Waals surface area contributed by atoms with Gasteiger partial charge >= 0.3 is 6.18 Å². The molecule has 0 fully saturated rings. The molecule has 1 unspecified atom stereocenters. The lowest BCUT2D eigenvalue weighted by Gasteiger charge is -2.24. The Bertz CT molecular complexity index is 218. The molecule has 1 aliphatic rings. The van der Waals surface area contributed by atoms with E-state index in [1.807, 2.05) is 0 Å². The van der Waals surface area contributed by atoms with Gasteiger partial charge in [0, 0.05) is 6.08 Å². The van der Waals surface area contributed by atoms with Crippen molar-refractivity contribution in [1.29, 1.82) is 0 Å². The number of ether oxygens (including phenoxy) is 1. The zero-order valence-electron chi connectivity index (χ0n) is 5.61. The summed E-state index contributed by atoms with van der Waals surface area (Å²) in [6.45, 7) is 0.704. The lowest BCUT2D eigenvalue weighted by molar-refractivity contribution is -0.239. The highest BCUT2D eigenvalue weighted by atomic mass is 19.4. The van der Waals surface area contributed by atoms with Gasteiger partial charge in [0.15, 0.2) is 0 Å². The van der Waals surface area contributed by atoms with E-state index in [4.69, 9.17) is 0 Å². The molecule has 0 radical (unpaired) electrons. The van der Waals surface area contributed by atoms with E-state index in [9.17, 15) is 18.0 Å². The average Bonchev–Trinajstić information content (AvgIpc) is 2.12. The Morgan fingerprint density at radius 2 is 2.09 bits per heavy atom. The van der Waals surface area contributed by atoms with Crippen LogP contribution in [0.3, 0.4) is 0 Å². The maximum absolute atomic E-state index is 12.0. The largest absolute Gasteiger partial charge is 0.477 e. The molecule has 0 N–H and O–H groups in total. The zero-order chi connectivity index (χ0) is 8.70. The van der Waals surface area contributed by atoms with Gasteiger partial charge in [0.1, 0.15) is 0 Å². The van der Waals surface area contributed by atoms with Gasteiger partial charge in [0.25, 0.3) is 5.60 Å². The summed E-state index contributed by atoms with van der Waals surface area (Å²) in [5.41, 5.74) is -2.66. The van der Waals surface area contributed by atoms with E-state index in [2.05, 4.69) is 4.74 Å². The Hall–Kier alpha value is -1.00. The SMILES string of the molecule is CC1(C(F)(F)F)OC=CC1=O. The topological polar surface area (TPSA) is 26.3 Å². The monoisotopic (exact) mass is 166 g/mol. The average molecular weight is 166 g/mol. The molecule has 1 rings (SSSR count). The highest BCUT2D eigenvalue weighted by Crippen LogP contribution is 2.37. The molecule has 2 nitrogen and oxygen atoms in total. The number of carbonyl (C=O) groups excluding carboxylic acids is 1. The van der Waals surface area contributed by atoms with Crippen LogP contribution >= 0.6 is 0 Å². The van der Waals surface area contributed by atoms with Crippen LogP contribution in [-0.2, 0) is 9.53 Å². The van der Waals surface area contributed by atoms with Crippen LogP contribution in [0.1, 0.15) is 6.92 Å². The summed E-state index contributed by atoms with van der Waals surface area (Å²) in [5.74, 6) is -1.06. The number of halogens is 3. The molecule has 0 aromatic heterocycles. The minimum atomic E-state index is -4.65. The molecule has 1 heterocycles. The summed E-state index contributed by atoms with van der Waals surface area (Å²) >= 11 is 0. The smallest absolute Gasteiger partial charge is 0.435 e. The first kappa shape index (κ1) is 8.10. The van der Waals surface area contributed by atoms with Crippen LogP contribution in [0.25, 0.3) is 0 Å². The number of rotatable bonds is 0. The van der Waals surface area contributed by atoms with Gasteiger partial charge in [-0.25, -0.2) is 0 Å². The van der Waals surface area contributed by atoms with Gasteiger partial charge in [-0.1, -0.05) is 0 Å². The molecular weight excluding hydrogens is 161 g/mol. The number of hydrogen-bond donors (Lipinski definition) is 0. The molecule has 1 atom stereocenters. The van der Waals surface area contributed by atoms with E-state index in [-0.39, 0.29) is 0 Å². The third-order valence-electron chi connectivity index (χ3n) is 1.53. The molecule has 0 saturated heterocycles. The van der Waals surface area contributed by atoms with Crippen LogP contribution in [0, 0.1) is 0 Å². The second-order valence-electron chi connectivity index (χ2n) is 2.32. The molecule has 0 aromatic carbocycles. The first-order valence-electron chi connectivity index (χ1n) is 2.83. The van der Waals surface area contributed by atoms with Crippen molar-refractivity contribution in [3.05, 3.63) is 12.3 Å². The van der Waals surface area contributed by atoms with Gasteiger partial charge < -0.3 is 4.74 Å². The molecule has 11 heavy (non-hydrogen) atoms. The van der Waals surface area contributed by atoms with Crippen LogP contribution in [0.2, 0.25) is 0 Å². The van der Waals surface area contributed by atoms with Gasteiger partial charge in [-0.3, -0.25) is 4.79 Å². The van der Waals surface area contributed by atoms with Crippen molar-refractivity contribution in [3.63, 3.8) is 0 Å². The minimum absolute atomic E-state index is 0.704. The fourth-order valence-corrected chi connectivity index (χ4v) is 0.656. The summed E-state index contributed by atoms with van der Waals surface area (Å²) < 4.78 is 40.2. The Kier molecular flexibility index (Phi) is 1.47. The fraction of sp³-hybridized carbons (Fsp3) is 0.500. The zero-order valence-corrected chi connectivity index (χ0v) is 5.61. The second-order valence-corrected chi connectivity index (χ2v) is 2.32. The lowest BCUT2D eigenvalue weighted by atomic mass is 10.0. The summed E-state index contributed by atoms with van der Waals surface area (Å²) in [7, 11) is 0. The van der Waals surface area contributed by atoms with Gasteiger partial charge in [-0.2, -0.15) is 13.2 Å². The van der Waals surface area contributed by atoms with Crippen LogP contribution in [0.4, 0.5) is 13.2 Å². The first-order valence-corrected chi connectivity index (χ1v) is 2.83. The van der Waals surface area contributed by atoms with E-state index < -0.39 is 17.6 Å². The van der Waals surface area contributed by atoms with Crippen molar-refractivity contribution < 1.29 is 22.7 Å². The van der Waals surface area contributed by atoms with E-state index >= 15 is 0 Å². The minimum Gasteiger partial charge on any atom is -0.477 e. The van der Waals surface area contributed by atoms with Crippen molar-refractivity contribution >= 4 is 5.78 Å². The highest BCUT2D eigenvalue weighted by Gasteiger charge is 2.59. The normalized spacial score (nSPS) is 30.7. The van der Waals surface area contributed by atoms with Crippen LogP contribution in [0.5, 0.6) is 0 Å². The molecule has 0 aromatic rings. The standard InChI is InChI=1S/C6H5F3O2/c1-5(6(7,8)9)4(10)2-3-11-5/h2-3H,1H3. The van der Waals surface area contributed by atoms with Crippen LogP contribution < -0.4 is 0 Å². The quantitative estimate of drug-likeness (QED) is 0.544. The van der Waals surface area contributed by atoms with Crippen molar-refractivity contribution in [3.8, 4) is 0 Å². The number of alkyl halides is 3. The lowest BCUT2D eigenvalue weighted by Crippen LogP contribution is -2.47. The van der Waals surface area contributed by atoms with Gasteiger partial charge in [0.05, 0.1) is 6.26 Å². The summed E-state index contributed by atoms with van der Waals surface area (Å²) in [6, 6.07) is 0. The summed E-state index contributed by atoms with van der Waals surface area (Å²) in [5, 5.41) is 0. The van der Waals surface area contributed by atoms with Crippen molar-refractivity contribution in [2.45, 2.75) is 18.7 Å². The third-order valence-corrected chi connectivity index (χ3v) is 1.53. The summed E-state index contributed by atoms with van der Waals surface area (Å²) in [4.78, 5) is 10.6. The molecule has 0 amide bonds. The van der Waals surface area contributed by atoms with E-state index in [1.165, 1.54) is 0 Å². The number of carbonyl (C=O) groups is 1. The predicted octanol–water partition coefficient (Wildman–Crippen LogP) is 1.42. The van der Waals surface area contributed by atoms with E-state index in [0.717, 1.165) is 12.3 Å². The molecule has 1 aliphatic heterocycles. The molecule has 0 spiro atoms. The van der Waals surface area contributed by atoms with E-state index in [1.54, 1.807) is 0 Å². The molecule has 5 heteroatoms. The second kappa shape index (κ2) is 1.99. The molecule has 0 aliphatic carbocycles. The van der Waals surface area contributed by atoms with Crippen LogP contribution in [-0.4, -0.2) is 17.6 Å². The van der Waals surface area contributed by atoms with Gasteiger partial charge in [0.2, 0.25) is 5.78 Å². The molecular formula is C6H5F3O2. The third kappa shape index (κ3) is 1.00. The molecule has 0 bridgehead atoms. The Balaban J connectivity index is 2.94. The van der Waals surface area contributed by atoms with Crippen molar-refractivity contribution in [1.82, 2.24) is 0 Å². The molecule has 62 valence electrons. The van der Waals surface area contributed by atoms with Gasteiger partial charge in [-0.05, 0) is 6.92 Å². The fourth-order valence-electron chi connectivity index (χ4n) is 0.656. The number of hydrogen-bond acceptors (Lipinski definition) is 2. The van der Waals surface area contributed by atoms with E-state index in [0.29, 0.717) is 6.92 Å². The highest BCUT2D eigenvalue weighted by molar-refractivity contribution is 5.99. The first-order chi connectivity index (χ1) is 4.88. The van der Waals surface area contributed by atoms with Crippen molar-refractivity contribution in [2.75, 3.05) is 0 Å².